The van der Waals surface area contributed by atoms with Crippen LogP contribution in [0.3, 0.4) is 0 Å². The van der Waals surface area contributed by atoms with Crippen molar-refractivity contribution in [2.75, 3.05) is 18.4 Å². The van der Waals surface area contributed by atoms with Crippen LogP contribution in [-0.4, -0.2) is 18.0 Å². The number of hydrogen-bond acceptors (Lipinski definition) is 2. The summed E-state index contributed by atoms with van der Waals surface area (Å²) in [6, 6.07) is 17.4. The molecule has 0 aromatic heterocycles. The molecule has 21 heavy (non-hydrogen) atoms. The van der Waals surface area contributed by atoms with E-state index >= 15 is 0 Å². The lowest BCUT2D eigenvalue weighted by molar-refractivity contribution is 0.332. The first kappa shape index (κ1) is 14.2. The van der Waals surface area contributed by atoms with Gasteiger partial charge in [0.15, 0.2) is 0 Å². The fourth-order valence-corrected chi connectivity index (χ4v) is 2.92. The predicted octanol–water partition coefficient (Wildman–Crippen LogP) is 4.20. The van der Waals surface area contributed by atoms with Crippen molar-refractivity contribution < 1.29 is 0 Å². The number of aryl methyl sites for hydroxylation is 1. The van der Waals surface area contributed by atoms with Crippen molar-refractivity contribution in [1.82, 2.24) is 4.90 Å². The summed E-state index contributed by atoms with van der Waals surface area (Å²) >= 11 is 0. The Morgan fingerprint density at radius 1 is 0.952 bits per heavy atom. The second-order valence-electron chi connectivity index (χ2n) is 5.98. The van der Waals surface area contributed by atoms with Gasteiger partial charge in [-0.3, -0.25) is 4.90 Å². The first-order chi connectivity index (χ1) is 10.3. The summed E-state index contributed by atoms with van der Waals surface area (Å²) in [5.74, 6) is 0. The molecule has 3 rings (SSSR count). The number of hydrogen-bond donors (Lipinski definition) is 1. The third kappa shape index (κ3) is 3.85. The standard InChI is InChI=1S/C19H24N2/c1-16-8-10-17(11-9-16)14-20-19-7-3-2-6-18(19)15-21-12-4-5-13-21/h2-3,6-11,20H,4-5,12-15H2,1H3. The number of likely N-dealkylation sites (tertiary alicyclic amines) is 1. The van der Waals surface area contributed by atoms with Crippen LogP contribution in [0, 0.1) is 6.92 Å². The molecule has 1 aliphatic heterocycles. The largest absolute Gasteiger partial charge is 0.381 e. The van der Waals surface area contributed by atoms with Crippen molar-refractivity contribution in [3.63, 3.8) is 0 Å². The van der Waals surface area contributed by atoms with E-state index in [1.54, 1.807) is 0 Å². The molecule has 1 saturated heterocycles. The molecule has 1 fully saturated rings. The maximum absolute atomic E-state index is 3.60. The molecular formula is C19H24N2. The molecule has 1 aliphatic rings. The fourth-order valence-electron chi connectivity index (χ4n) is 2.92. The quantitative estimate of drug-likeness (QED) is 0.883. The van der Waals surface area contributed by atoms with Gasteiger partial charge in [-0.15, -0.1) is 0 Å². The molecule has 0 aliphatic carbocycles. The monoisotopic (exact) mass is 280 g/mol. The van der Waals surface area contributed by atoms with Crippen molar-refractivity contribution in [1.29, 1.82) is 0 Å². The Labute approximate surface area is 127 Å². The van der Waals surface area contributed by atoms with Gasteiger partial charge in [-0.25, -0.2) is 0 Å². The van der Waals surface area contributed by atoms with E-state index in [9.17, 15) is 0 Å². The molecule has 2 nitrogen and oxygen atoms in total. The highest BCUT2D eigenvalue weighted by Gasteiger charge is 2.13. The molecule has 0 atom stereocenters. The van der Waals surface area contributed by atoms with Crippen molar-refractivity contribution in [3.8, 4) is 0 Å². The van der Waals surface area contributed by atoms with E-state index in [1.165, 1.54) is 48.3 Å². The van der Waals surface area contributed by atoms with E-state index < -0.39 is 0 Å². The van der Waals surface area contributed by atoms with Crippen molar-refractivity contribution in [3.05, 3.63) is 65.2 Å². The molecular weight excluding hydrogens is 256 g/mol. The molecule has 0 bridgehead atoms. The normalized spacial score (nSPS) is 15.3. The third-order valence-corrected chi connectivity index (χ3v) is 4.21. The van der Waals surface area contributed by atoms with E-state index in [2.05, 4.69) is 65.7 Å². The van der Waals surface area contributed by atoms with Crippen LogP contribution < -0.4 is 5.32 Å². The van der Waals surface area contributed by atoms with E-state index in [0.29, 0.717) is 0 Å². The van der Waals surface area contributed by atoms with E-state index in [-0.39, 0.29) is 0 Å². The Morgan fingerprint density at radius 2 is 1.67 bits per heavy atom. The molecule has 2 heteroatoms. The number of benzene rings is 2. The summed E-state index contributed by atoms with van der Waals surface area (Å²) in [4.78, 5) is 2.55. The molecule has 110 valence electrons. The first-order valence-electron chi connectivity index (χ1n) is 7.91. The lowest BCUT2D eigenvalue weighted by Crippen LogP contribution is -2.19. The number of rotatable bonds is 5. The minimum absolute atomic E-state index is 0.886. The Hall–Kier alpha value is -1.80. The zero-order valence-corrected chi connectivity index (χ0v) is 12.8. The first-order valence-corrected chi connectivity index (χ1v) is 7.91. The van der Waals surface area contributed by atoms with Crippen LogP contribution in [0.5, 0.6) is 0 Å². The zero-order valence-electron chi connectivity index (χ0n) is 12.8. The van der Waals surface area contributed by atoms with E-state index in [1.807, 2.05) is 0 Å². The van der Waals surface area contributed by atoms with Crippen LogP contribution >= 0.6 is 0 Å². The van der Waals surface area contributed by atoms with Crippen molar-refractivity contribution in [2.45, 2.75) is 32.9 Å². The molecule has 2 aromatic carbocycles. The minimum atomic E-state index is 0.886. The molecule has 2 aromatic rings. The lowest BCUT2D eigenvalue weighted by Gasteiger charge is -2.18. The molecule has 0 spiro atoms. The summed E-state index contributed by atoms with van der Waals surface area (Å²) in [5.41, 5.74) is 5.32. The summed E-state index contributed by atoms with van der Waals surface area (Å²) in [6.07, 6.45) is 2.69. The second kappa shape index (κ2) is 6.77. The highest BCUT2D eigenvalue weighted by atomic mass is 15.1. The average Bonchev–Trinajstić information content (AvgIpc) is 3.01. The SMILES string of the molecule is Cc1ccc(CNc2ccccc2CN2CCCC2)cc1. The van der Waals surface area contributed by atoms with Gasteiger partial charge in [-0.2, -0.15) is 0 Å². The van der Waals surface area contributed by atoms with Gasteiger partial charge < -0.3 is 5.32 Å². The van der Waals surface area contributed by atoms with Crippen LogP contribution in [0.25, 0.3) is 0 Å². The molecule has 0 radical (unpaired) electrons. The molecule has 0 saturated carbocycles. The summed E-state index contributed by atoms with van der Waals surface area (Å²) < 4.78 is 0. The van der Waals surface area contributed by atoms with Crippen LogP contribution in [0.4, 0.5) is 5.69 Å². The molecule has 0 unspecified atom stereocenters. The van der Waals surface area contributed by atoms with Crippen LogP contribution in [0.15, 0.2) is 48.5 Å². The topological polar surface area (TPSA) is 15.3 Å². The van der Waals surface area contributed by atoms with Gasteiger partial charge in [0.1, 0.15) is 0 Å². The van der Waals surface area contributed by atoms with Gasteiger partial charge in [-0.1, -0.05) is 48.0 Å². The van der Waals surface area contributed by atoms with Crippen LogP contribution in [0.1, 0.15) is 29.5 Å². The van der Waals surface area contributed by atoms with Gasteiger partial charge in [0, 0.05) is 18.8 Å². The van der Waals surface area contributed by atoms with Crippen LogP contribution in [-0.2, 0) is 13.1 Å². The van der Waals surface area contributed by atoms with E-state index in [0.717, 1.165) is 13.1 Å². The van der Waals surface area contributed by atoms with Gasteiger partial charge in [0.25, 0.3) is 0 Å². The predicted molar refractivity (Wildman–Crippen MR) is 89.5 cm³/mol. The minimum Gasteiger partial charge on any atom is -0.381 e. The van der Waals surface area contributed by atoms with Gasteiger partial charge in [0.2, 0.25) is 0 Å². The summed E-state index contributed by atoms with van der Waals surface area (Å²) in [5, 5.41) is 3.60. The number of anilines is 1. The van der Waals surface area contributed by atoms with Gasteiger partial charge >= 0.3 is 0 Å². The Kier molecular flexibility index (Phi) is 4.56. The Bertz CT molecular complexity index is 568. The second-order valence-corrected chi connectivity index (χ2v) is 5.98. The van der Waals surface area contributed by atoms with E-state index in [4.69, 9.17) is 0 Å². The molecule has 1 N–H and O–H groups in total. The number of nitrogens with one attached hydrogen (secondary N) is 1. The summed E-state index contributed by atoms with van der Waals surface area (Å²) in [7, 11) is 0. The average molecular weight is 280 g/mol. The molecule has 0 amide bonds. The third-order valence-electron chi connectivity index (χ3n) is 4.21. The Balaban J connectivity index is 1.65. The maximum atomic E-state index is 3.60. The fraction of sp³-hybridized carbons (Fsp3) is 0.368. The summed E-state index contributed by atoms with van der Waals surface area (Å²) in [6.45, 7) is 6.56. The molecule has 1 heterocycles. The highest BCUT2D eigenvalue weighted by molar-refractivity contribution is 5.51. The lowest BCUT2D eigenvalue weighted by atomic mass is 10.1. The van der Waals surface area contributed by atoms with Crippen molar-refractivity contribution >= 4 is 5.69 Å². The van der Waals surface area contributed by atoms with Gasteiger partial charge in [-0.05, 0) is 50.0 Å². The number of para-hydroxylation sites is 1. The zero-order chi connectivity index (χ0) is 14.5. The highest BCUT2D eigenvalue weighted by Crippen LogP contribution is 2.20. The Morgan fingerprint density at radius 3 is 2.43 bits per heavy atom. The van der Waals surface area contributed by atoms with Crippen molar-refractivity contribution in [2.24, 2.45) is 0 Å². The van der Waals surface area contributed by atoms with Crippen LogP contribution in [0.2, 0.25) is 0 Å². The number of nitrogens with zero attached hydrogens (tertiary/aromatic N) is 1. The maximum Gasteiger partial charge on any atom is 0.0400 e. The smallest absolute Gasteiger partial charge is 0.0400 e. The van der Waals surface area contributed by atoms with Gasteiger partial charge in [0.05, 0.1) is 0 Å².